The number of likely N-dealkylation sites (N-methyl/N-ethyl adjacent to an activating group) is 1. The van der Waals surface area contributed by atoms with E-state index in [-0.39, 0.29) is 0 Å². The van der Waals surface area contributed by atoms with Crippen LogP contribution in [0.25, 0.3) is 0 Å². The molecule has 3 rings (SSSR count). The highest BCUT2D eigenvalue weighted by Crippen LogP contribution is 2.38. The first kappa shape index (κ1) is 18.1. The molecule has 1 unspecified atom stereocenters. The molecule has 0 aromatic heterocycles. The van der Waals surface area contributed by atoms with Gasteiger partial charge in [-0.2, -0.15) is 0 Å². The molecule has 1 aromatic rings. The summed E-state index contributed by atoms with van der Waals surface area (Å²) in [6.45, 7) is 7.15. The average Bonchev–Trinajstić information content (AvgIpc) is 3.09. The molecule has 2 aliphatic heterocycles. The molecule has 0 aliphatic carbocycles. The van der Waals surface area contributed by atoms with Crippen molar-refractivity contribution in [2.45, 2.75) is 32.4 Å². The molecule has 0 radical (unpaired) electrons. The molecule has 6 nitrogen and oxygen atoms in total. The van der Waals surface area contributed by atoms with Crippen molar-refractivity contribution in [2.24, 2.45) is 4.99 Å². The second-order valence-electron chi connectivity index (χ2n) is 6.33. The lowest BCUT2D eigenvalue weighted by molar-refractivity contribution is 0.171. The Hall–Kier alpha value is -1.66. The minimum atomic E-state index is 0.539. The van der Waals surface area contributed by atoms with Gasteiger partial charge in [0.05, 0.1) is 5.02 Å². The number of benzene rings is 1. The second-order valence-corrected chi connectivity index (χ2v) is 6.74. The van der Waals surface area contributed by atoms with Gasteiger partial charge in [0.1, 0.15) is 13.2 Å². The van der Waals surface area contributed by atoms with Crippen molar-refractivity contribution in [3.63, 3.8) is 0 Å². The predicted molar refractivity (Wildman–Crippen MR) is 101 cm³/mol. The summed E-state index contributed by atoms with van der Waals surface area (Å²) in [6.07, 6.45) is 2.53. The van der Waals surface area contributed by atoms with Crippen LogP contribution in [0.2, 0.25) is 5.02 Å². The molecule has 1 atom stereocenters. The summed E-state index contributed by atoms with van der Waals surface area (Å²) in [7, 11) is 1.79. The van der Waals surface area contributed by atoms with E-state index in [1.807, 2.05) is 12.1 Å². The van der Waals surface area contributed by atoms with Crippen LogP contribution in [-0.4, -0.2) is 56.8 Å². The number of halogens is 1. The van der Waals surface area contributed by atoms with Gasteiger partial charge in [0, 0.05) is 26.2 Å². The molecule has 2 N–H and O–H groups in total. The highest BCUT2D eigenvalue weighted by atomic mass is 35.5. The summed E-state index contributed by atoms with van der Waals surface area (Å²) in [5, 5.41) is 7.36. The van der Waals surface area contributed by atoms with E-state index in [1.54, 1.807) is 7.05 Å². The number of rotatable bonds is 5. The van der Waals surface area contributed by atoms with E-state index in [9.17, 15) is 0 Å². The van der Waals surface area contributed by atoms with Crippen LogP contribution in [0.1, 0.15) is 25.3 Å². The van der Waals surface area contributed by atoms with Crippen molar-refractivity contribution < 1.29 is 9.47 Å². The van der Waals surface area contributed by atoms with E-state index < -0.39 is 0 Å². The van der Waals surface area contributed by atoms with E-state index in [0.29, 0.717) is 42.3 Å². The molecule has 1 aromatic carbocycles. The van der Waals surface area contributed by atoms with Gasteiger partial charge < -0.3 is 20.1 Å². The average molecular weight is 367 g/mol. The van der Waals surface area contributed by atoms with Gasteiger partial charge in [-0.3, -0.25) is 9.89 Å². The van der Waals surface area contributed by atoms with Crippen molar-refractivity contribution in [1.82, 2.24) is 15.5 Å². The van der Waals surface area contributed by atoms with Gasteiger partial charge in [-0.15, -0.1) is 0 Å². The summed E-state index contributed by atoms with van der Waals surface area (Å²) >= 11 is 6.29. The van der Waals surface area contributed by atoms with Crippen LogP contribution in [0.15, 0.2) is 17.1 Å². The Morgan fingerprint density at radius 2 is 2.16 bits per heavy atom. The number of nitrogens with one attached hydrogen (secondary N) is 2. The standard InChI is InChI=1S/C18H27ClN4O2/c1-3-23-6-4-5-14(23)12-22-18(20-2)21-11-13-9-15(19)17-16(10-13)24-7-8-25-17/h9-10,14H,3-8,11-12H2,1-2H3,(H2,20,21,22). The number of nitrogens with zero attached hydrogens (tertiary/aromatic N) is 2. The Morgan fingerprint density at radius 1 is 1.32 bits per heavy atom. The Labute approximate surface area is 154 Å². The van der Waals surface area contributed by atoms with E-state index in [2.05, 4.69) is 27.4 Å². The minimum Gasteiger partial charge on any atom is -0.486 e. The molecule has 1 fully saturated rings. The van der Waals surface area contributed by atoms with Crippen LogP contribution in [-0.2, 0) is 6.54 Å². The van der Waals surface area contributed by atoms with Crippen molar-refractivity contribution in [1.29, 1.82) is 0 Å². The topological polar surface area (TPSA) is 58.1 Å². The van der Waals surface area contributed by atoms with E-state index in [4.69, 9.17) is 21.1 Å². The van der Waals surface area contributed by atoms with Gasteiger partial charge in [0.15, 0.2) is 17.5 Å². The Bertz CT molecular complexity index is 623. The van der Waals surface area contributed by atoms with Crippen LogP contribution in [0.3, 0.4) is 0 Å². The number of guanidine groups is 1. The van der Waals surface area contributed by atoms with Gasteiger partial charge in [-0.25, -0.2) is 0 Å². The van der Waals surface area contributed by atoms with Gasteiger partial charge in [-0.05, 0) is 43.6 Å². The fourth-order valence-electron chi connectivity index (χ4n) is 3.43. The summed E-state index contributed by atoms with van der Waals surface area (Å²) in [5.74, 6) is 2.15. The van der Waals surface area contributed by atoms with Crippen LogP contribution in [0, 0.1) is 0 Å². The first-order valence-corrected chi connectivity index (χ1v) is 9.35. The Morgan fingerprint density at radius 3 is 2.96 bits per heavy atom. The molecule has 0 spiro atoms. The van der Waals surface area contributed by atoms with Gasteiger partial charge in [-0.1, -0.05) is 18.5 Å². The number of ether oxygens (including phenoxy) is 2. The molecule has 138 valence electrons. The molecule has 2 aliphatic rings. The summed E-state index contributed by atoms with van der Waals surface area (Å²) in [4.78, 5) is 6.83. The van der Waals surface area contributed by atoms with Crippen molar-refractivity contribution in [3.8, 4) is 11.5 Å². The van der Waals surface area contributed by atoms with Crippen LogP contribution in [0.5, 0.6) is 11.5 Å². The third-order valence-electron chi connectivity index (χ3n) is 4.75. The van der Waals surface area contributed by atoms with E-state index in [0.717, 1.165) is 24.6 Å². The smallest absolute Gasteiger partial charge is 0.191 e. The summed E-state index contributed by atoms with van der Waals surface area (Å²) < 4.78 is 11.2. The first-order chi connectivity index (χ1) is 12.2. The van der Waals surface area contributed by atoms with E-state index in [1.165, 1.54) is 19.4 Å². The lowest BCUT2D eigenvalue weighted by Gasteiger charge is -2.24. The van der Waals surface area contributed by atoms with E-state index >= 15 is 0 Å². The quantitative estimate of drug-likeness (QED) is 0.618. The maximum Gasteiger partial charge on any atom is 0.191 e. The molecule has 7 heteroatoms. The SMILES string of the molecule is CCN1CCCC1CNC(=NC)NCc1cc(Cl)c2c(c1)OCCO2. The number of hydrogen-bond acceptors (Lipinski definition) is 4. The Balaban J connectivity index is 1.54. The predicted octanol–water partition coefficient (Wildman–Crippen LogP) is 2.26. The Kier molecular flexibility index (Phi) is 6.26. The van der Waals surface area contributed by atoms with Crippen LogP contribution >= 0.6 is 11.6 Å². The molecular weight excluding hydrogens is 340 g/mol. The third kappa shape index (κ3) is 4.50. The zero-order valence-electron chi connectivity index (χ0n) is 15.0. The highest BCUT2D eigenvalue weighted by Gasteiger charge is 2.22. The highest BCUT2D eigenvalue weighted by molar-refractivity contribution is 6.32. The normalized spacial score (nSPS) is 20.6. The number of hydrogen-bond donors (Lipinski definition) is 2. The number of aliphatic imine (C=N–C) groups is 1. The summed E-state index contributed by atoms with van der Waals surface area (Å²) in [6, 6.07) is 4.47. The summed E-state index contributed by atoms with van der Waals surface area (Å²) in [5.41, 5.74) is 1.04. The zero-order valence-corrected chi connectivity index (χ0v) is 15.7. The number of likely N-dealkylation sites (tertiary alicyclic amines) is 1. The molecule has 0 bridgehead atoms. The van der Waals surface area contributed by atoms with Crippen molar-refractivity contribution in [2.75, 3.05) is 39.9 Å². The minimum absolute atomic E-state index is 0.539. The molecule has 25 heavy (non-hydrogen) atoms. The maximum atomic E-state index is 6.29. The fourth-order valence-corrected chi connectivity index (χ4v) is 3.72. The van der Waals surface area contributed by atoms with Crippen LogP contribution in [0.4, 0.5) is 0 Å². The monoisotopic (exact) mass is 366 g/mol. The molecule has 1 saturated heterocycles. The van der Waals surface area contributed by atoms with Gasteiger partial charge in [0.2, 0.25) is 0 Å². The molecule has 2 heterocycles. The fraction of sp³-hybridized carbons (Fsp3) is 0.611. The molecular formula is C18H27ClN4O2. The van der Waals surface area contributed by atoms with Gasteiger partial charge in [0.25, 0.3) is 0 Å². The lowest BCUT2D eigenvalue weighted by atomic mass is 10.2. The molecule has 0 amide bonds. The number of fused-ring (bicyclic) bond motifs is 1. The van der Waals surface area contributed by atoms with Crippen molar-refractivity contribution >= 4 is 17.6 Å². The maximum absolute atomic E-state index is 6.29. The first-order valence-electron chi connectivity index (χ1n) is 8.98. The largest absolute Gasteiger partial charge is 0.486 e. The lowest BCUT2D eigenvalue weighted by Crippen LogP contribution is -2.44. The zero-order chi connectivity index (χ0) is 17.6. The van der Waals surface area contributed by atoms with Gasteiger partial charge >= 0.3 is 0 Å². The second kappa shape index (κ2) is 8.63. The molecule has 0 saturated carbocycles. The third-order valence-corrected chi connectivity index (χ3v) is 5.03. The van der Waals surface area contributed by atoms with Crippen LogP contribution < -0.4 is 20.1 Å². The van der Waals surface area contributed by atoms with Crippen molar-refractivity contribution in [3.05, 3.63) is 22.7 Å².